The van der Waals surface area contributed by atoms with Gasteiger partial charge in [-0.25, -0.2) is 4.39 Å². The Bertz CT molecular complexity index is 1120. The van der Waals surface area contributed by atoms with Crippen LogP contribution in [0.15, 0.2) is 30.3 Å². The van der Waals surface area contributed by atoms with Crippen molar-refractivity contribution < 1.29 is 23.4 Å². The van der Waals surface area contributed by atoms with Gasteiger partial charge in [-0.3, -0.25) is 4.79 Å². The lowest BCUT2D eigenvalue weighted by Gasteiger charge is -2.26. The minimum atomic E-state index is -0.877. The van der Waals surface area contributed by atoms with E-state index in [-0.39, 0.29) is 12.3 Å². The van der Waals surface area contributed by atoms with Gasteiger partial charge in [0.1, 0.15) is 30.3 Å². The zero-order valence-corrected chi connectivity index (χ0v) is 19.6. The number of nitrogens with one attached hydrogen (secondary N) is 2. The van der Waals surface area contributed by atoms with Gasteiger partial charge in [-0.2, -0.15) is 5.26 Å². The van der Waals surface area contributed by atoms with E-state index in [9.17, 15) is 10.1 Å². The first-order valence-electron chi connectivity index (χ1n) is 12.3. The molecular formula is C27H30FN3O4. The quantitative estimate of drug-likeness (QED) is 0.684. The standard InChI is InChI=1S/C27H30FN3O4/c28-24-13-23-22-11-18(17-4-8-33-9-5-17)2-3-19(22)16-35-25(23)12-20(24)10-21(14-29)31-27(32)26-15-30-6-1-7-34-26/h2-3,11-13,17,21,26,30H,1,4-10,15-16H2,(H,31,32)/t21-,26+/m1/s1. The van der Waals surface area contributed by atoms with Gasteiger partial charge in [-0.1, -0.05) is 18.2 Å². The number of carbonyl (C=O) groups excluding carboxylic acids is 1. The molecule has 2 atom stereocenters. The molecule has 2 saturated heterocycles. The zero-order chi connectivity index (χ0) is 24.2. The average molecular weight is 480 g/mol. The topological polar surface area (TPSA) is 92.6 Å². The Labute approximate surface area is 204 Å². The summed E-state index contributed by atoms with van der Waals surface area (Å²) in [6, 6.07) is 10.7. The van der Waals surface area contributed by atoms with Gasteiger partial charge in [0.15, 0.2) is 0 Å². The fourth-order valence-electron chi connectivity index (χ4n) is 4.99. The highest BCUT2D eigenvalue weighted by molar-refractivity contribution is 5.82. The van der Waals surface area contributed by atoms with Crippen molar-refractivity contribution in [1.82, 2.24) is 10.6 Å². The number of nitriles is 1. The molecule has 0 saturated carbocycles. The van der Waals surface area contributed by atoms with Crippen LogP contribution in [0.3, 0.4) is 0 Å². The van der Waals surface area contributed by atoms with E-state index in [1.165, 1.54) is 11.6 Å². The molecule has 35 heavy (non-hydrogen) atoms. The van der Waals surface area contributed by atoms with E-state index in [1.54, 1.807) is 6.07 Å². The van der Waals surface area contributed by atoms with E-state index in [1.807, 2.05) is 0 Å². The van der Waals surface area contributed by atoms with Gasteiger partial charge in [0.2, 0.25) is 0 Å². The Morgan fingerprint density at radius 3 is 2.89 bits per heavy atom. The molecule has 0 unspecified atom stereocenters. The highest BCUT2D eigenvalue weighted by Crippen LogP contribution is 2.41. The molecule has 0 spiro atoms. The summed E-state index contributed by atoms with van der Waals surface area (Å²) in [5, 5.41) is 15.5. The Kier molecular flexibility index (Phi) is 7.28. The van der Waals surface area contributed by atoms with Gasteiger partial charge in [-0.15, -0.1) is 0 Å². The molecule has 184 valence electrons. The van der Waals surface area contributed by atoms with Crippen LogP contribution in [-0.2, 0) is 27.3 Å². The summed E-state index contributed by atoms with van der Waals surface area (Å²) < 4.78 is 32.2. The van der Waals surface area contributed by atoms with Gasteiger partial charge < -0.3 is 24.8 Å². The van der Waals surface area contributed by atoms with Crippen LogP contribution < -0.4 is 15.4 Å². The van der Waals surface area contributed by atoms with Crippen molar-refractivity contribution in [3.63, 3.8) is 0 Å². The van der Waals surface area contributed by atoms with Crippen LogP contribution in [0.2, 0.25) is 0 Å². The van der Waals surface area contributed by atoms with Gasteiger partial charge in [0, 0.05) is 38.3 Å². The van der Waals surface area contributed by atoms with Crippen LogP contribution in [-0.4, -0.2) is 51.0 Å². The first-order valence-corrected chi connectivity index (χ1v) is 12.3. The van der Waals surface area contributed by atoms with Crippen molar-refractivity contribution in [1.29, 1.82) is 5.26 Å². The normalized spacial score (nSPS) is 21.0. The molecule has 1 amide bonds. The van der Waals surface area contributed by atoms with Crippen molar-refractivity contribution >= 4 is 5.91 Å². The fourth-order valence-corrected chi connectivity index (χ4v) is 4.99. The van der Waals surface area contributed by atoms with Crippen LogP contribution >= 0.6 is 0 Å². The maximum Gasteiger partial charge on any atom is 0.251 e. The fraction of sp³-hybridized carbons (Fsp3) is 0.481. The number of hydrogen-bond acceptors (Lipinski definition) is 6. The maximum atomic E-state index is 15.2. The minimum Gasteiger partial charge on any atom is -0.488 e. The smallest absolute Gasteiger partial charge is 0.251 e. The third kappa shape index (κ3) is 5.32. The lowest BCUT2D eigenvalue weighted by atomic mass is 9.86. The average Bonchev–Trinajstić information content (AvgIpc) is 3.19. The lowest BCUT2D eigenvalue weighted by molar-refractivity contribution is -0.132. The summed E-state index contributed by atoms with van der Waals surface area (Å²) >= 11 is 0. The number of hydrogen-bond donors (Lipinski definition) is 2. The molecule has 2 N–H and O–H groups in total. The predicted octanol–water partition coefficient (Wildman–Crippen LogP) is 3.21. The highest BCUT2D eigenvalue weighted by Gasteiger charge is 2.26. The number of ether oxygens (including phenoxy) is 3. The summed E-state index contributed by atoms with van der Waals surface area (Å²) in [7, 11) is 0. The van der Waals surface area contributed by atoms with E-state index >= 15 is 4.39 Å². The number of amides is 1. The van der Waals surface area contributed by atoms with Gasteiger partial charge in [-0.05, 0) is 66.1 Å². The lowest BCUT2D eigenvalue weighted by Crippen LogP contribution is -2.46. The minimum absolute atomic E-state index is 0.0415. The third-order valence-corrected chi connectivity index (χ3v) is 6.98. The first-order chi connectivity index (χ1) is 17.1. The largest absolute Gasteiger partial charge is 0.488 e. The second-order valence-electron chi connectivity index (χ2n) is 9.34. The number of fused-ring (bicyclic) bond motifs is 3. The van der Waals surface area contributed by atoms with Crippen molar-refractivity contribution in [2.24, 2.45) is 0 Å². The molecule has 2 aromatic carbocycles. The van der Waals surface area contributed by atoms with Crippen molar-refractivity contribution in [3.8, 4) is 22.9 Å². The van der Waals surface area contributed by atoms with Crippen LogP contribution in [0.4, 0.5) is 4.39 Å². The maximum absolute atomic E-state index is 15.2. The number of halogens is 1. The Morgan fingerprint density at radius 1 is 1.20 bits per heavy atom. The van der Waals surface area contributed by atoms with Crippen LogP contribution in [0.25, 0.3) is 11.1 Å². The van der Waals surface area contributed by atoms with Crippen LogP contribution in [0.1, 0.15) is 41.9 Å². The Morgan fingerprint density at radius 2 is 2.06 bits per heavy atom. The van der Waals surface area contributed by atoms with Crippen LogP contribution in [0, 0.1) is 17.1 Å². The summed E-state index contributed by atoms with van der Waals surface area (Å²) in [6.45, 7) is 3.59. The second-order valence-corrected chi connectivity index (χ2v) is 9.34. The molecule has 0 bridgehead atoms. The first kappa shape index (κ1) is 23.7. The molecule has 0 radical (unpaired) electrons. The number of benzene rings is 2. The molecule has 0 aromatic heterocycles. The van der Waals surface area contributed by atoms with E-state index in [0.29, 0.717) is 37.0 Å². The van der Waals surface area contributed by atoms with E-state index in [2.05, 4.69) is 34.9 Å². The van der Waals surface area contributed by atoms with Crippen molar-refractivity contribution in [3.05, 3.63) is 52.8 Å². The molecule has 0 aliphatic carbocycles. The third-order valence-electron chi connectivity index (χ3n) is 6.98. The number of carbonyl (C=O) groups is 1. The Hall–Kier alpha value is -2.99. The molecule has 7 nitrogen and oxygen atoms in total. The molecule has 3 heterocycles. The molecule has 8 heteroatoms. The SMILES string of the molecule is N#C[C@@H](Cc1cc2c(cc1F)-c1cc(C3CCOCC3)ccc1CO2)NC(=O)[C@@H]1CNCCCO1. The zero-order valence-electron chi connectivity index (χ0n) is 19.6. The number of nitrogens with zero attached hydrogens (tertiary/aromatic N) is 1. The Balaban J connectivity index is 1.34. The molecule has 3 aliphatic heterocycles. The van der Waals surface area contributed by atoms with Gasteiger partial charge >= 0.3 is 0 Å². The van der Waals surface area contributed by atoms with E-state index in [4.69, 9.17) is 14.2 Å². The van der Waals surface area contributed by atoms with Crippen molar-refractivity contribution in [2.45, 2.75) is 50.4 Å². The molecular weight excluding hydrogens is 449 g/mol. The summed E-state index contributed by atoms with van der Waals surface area (Å²) in [6.07, 6.45) is 2.18. The number of rotatable bonds is 5. The molecule has 2 aromatic rings. The van der Waals surface area contributed by atoms with Gasteiger partial charge in [0.05, 0.1) is 6.07 Å². The van der Waals surface area contributed by atoms with Crippen LogP contribution in [0.5, 0.6) is 5.75 Å². The molecule has 2 fully saturated rings. The van der Waals surface area contributed by atoms with Gasteiger partial charge in [0.25, 0.3) is 5.91 Å². The summed E-state index contributed by atoms with van der Waals surface area (Å²) in [5.41, 5.74) is 4.31. The molecule has 5 rings (SSSR count). The summed E-state index contributed by atoms with van der Waals surface area (Å²) in [4.78, 5) is 12.6. The highest BCUT2D eigenvalue weighted by atomic mass is 19.1. The molecule has 3 aliphatic rings. The van der Waals surface area contributed by atoms with E-state index in [0.717, 1.165) is 55.7 Å². The summed E-state index contributed by atoms with van der Waals surface area (Å²) in [5.74, 6) is 0.253. The van der Waals surface area contributed by atoms with E-state index < -0.39 is 18.0 Å². The van der Waals surface area contributed by atoms with Crippen molar-refractivity contribution in [2.75, 3.05) is 32.9 Å². The monoisotopic (exact) mass is 479 g/mol. The predicted molar refractivity (Wildman–Crippen MR) is 127 cm³/mol. The second kappa shape index (κ2) is 10.7.